The van der Waals surface area contributed by atoms with E-state index in [1.165, 1.54) is 11.3 Å². The van der Waals surface area contributed by atoms with Crippen molar-refractivity contribution in [2.24, 2.45) is 16.6 Å². The molecule has 106 valence electrons. The SMILES string of the molecule is CCN/C(=C\N)C1(CC)CC2=CC=C(Cl)C[C@]2(C)C1. The Morgan fingerprint density at radius 1 is 1.42 bits per heavy atom. The molecule has 0 amide bonds. The summed E-state index contributed by atoms with van der Waals surface area (Å²) in [5.74, 6) is 0. The molecule has 19 heavy (non-hydrogen) atoms. The van der Waals surface area contributed by atoms with E-state index in [0.717, 1.165) is 37.3 Å². The number of allylic oxidation sites excluding steroid dienone is 5. The van der Waals surface area contributed by atoms with E-state index in [9.17, 15) is 0 Å². The van der Waals surface area contributed by atoms with E-state index in [4.69, 9.17) is 17.3 Å². The van der Waals surface area contributed by atoms with Gasteiger partial charge in [-0.3, -0.25) is 0 Å². The maximum atomic E-state index is 6.25. The van der Waals surface area contributed by atoms with Crippen LogP contribution in [0.15, 0.2) is 34.7 Å². The Kier molecular flexibility index (Phi) is 4.00. The standard InChI is InChI=1S/C16H25ClN2/c1-4-16(14(10-18)19-5-2)8-12-6-7-13(17)9-15(12,3)11-16/h6-7,10,19H,4-5,8-9,11,18H2,1-3H3/b14-10-/t15-,16?/m1/s1. The van der Waals surface area contributed by atoms with Gasteiger partial charge in [-0.2, -0.15) is 0 Å². The van der Waals surface area contributed by atoms with Crippen LogP contribution < -0.4 is 11.1 Å². The van der Waals surface area contributed by atoms with Gasteiger partial charge in [0.15, 0.2) is 0 Å². The largest absolute Gasteiger partial charge is 0.403 e. The molecule has 0 aromatic carbocycles. The highest BCUT2D eigenvalue weighted by Gasteiger charge is 2.50. The van der Waals surface area contributed by atoms with Crippen molar-refractivity contribution in [1.29, 1.82) is 0 Å². The van der Waals surface area contributed by atoms with E-state index in [1.54, 1.807) is 6.20 Å². The molecule has 2 aliphatic carbocycles. The Morgan fingerprint density at radius 3 is 2.74 bits per heavy atom. The van der Waals surface area contributed by atoms with Crippen molar-refractivity contribution in [2.75, 3.05) is 6.54 Å². The molecule has 0 spiro atoms. The first-order valence-corrected chi connectivity index (χ1v) is 7.59. The second-order valence-electron chi connectivity index (χ2n) is 6.14. The zero-order chi connectivity index (χ0) is 14.1. The van der Waals surface area contributed by atoms with Crippen LogP contribution in [0.2, 0.25) is 0 Å². The Bertz CT molecular complexity index is 450. The van der Waals surface area contributed by atoms with E-state index >= 15 is 0 Å². The second kappa shape index (κ2) is 5.24. The summed E-state index contributed by atoms with van der Waals surface area (Å²) in [6.45, 7) is 7.64. The molecule has 0 aromatic rings. The number of halogens is 1. The van der Waals surface area contributed by atoms with Crippen molar-refractivity contribution < 1.29 is 0 Å². The quantitative estimate of drug-likeness (QED) is 0.815. The molecule has 0 saturated heterocycles. The fourth-order valence-corrected chi connectivity index (χ4v) is 4.16. The summed E-state index contributed by atoms with van der Waals surface area (Å²) >= 11 is 6.25. The van der Waals surface area contributed by atoms with Crippen molar-refractivity contribution in [3.05, 3.63) is 34.7 Å². The van der Waals surface area contributed by atoms with Crippen molar-refractivity contribution in [2.45, 2.75) is 46.5 Å². The lowest BCUT2D eigenvalue weighted by atomic mass is 9.74. The topological polar surface area (TPSA) is 38.0 Å². The summed E-state index contributed by atoms with van der Waals surface area (Å²) in [6, 6.07) is 0. The van der Waals surface area contributed by atoms with Gasteiger partial charge in [0.05, 0.1) is 0 Å². The molecular weight excluding hydrogens is 256 g/mol. The smallest absolute Gasteiger partial charge is 0.0330 e. The first-order valence-electron chi connectivity index (χ1n) is 7.21. The van der Waals surface area contributed by atoms with Crippen LogP contribution in [0.1, 0.15) is 46.5 Å². The summed E-state index contributed by atoms with van der Waals surface area (Å²) in [5.41, 5.74) is 8.95. The predicted molar refractivity (Wildman–Crippen MR) is 82.6 cm³/mol. The third-order valence-corrected chi connectivity index (χ3v) is 5.10. The van der Waals surface area contributed by atoms with Gasteiger partial charge in [0.2, 0.25) is 0 Å². The third-order valence-electron chi connectivity index (χ3n) is 4.84. The lowest BCUT2D eigenvalue weighted by Gasteiger charge is -2.34. The van der Waals surface area contributed by atoms with Crippen molar-refractivity contribution in [1.82, 2.24) is 5.32 Å². The maximum Gasteiger partial charge on any atom is 0.0330 e. The molecule has 1 unspecified atom stereocenters. The minimum atomic E-state index is 0.153. The highest BCUT2D eigenvalue weighted by atomic mass is 35.5. The zero-order valence-electron chi connectivity index (χ0n) is 12.2. The van der Waals surface area contributed by atoms with Crippen molar-refractivity contribution >= 4 is 11.6 Å². The molecule has 0 radical (unpaired) electrons. The molecule has 3 N–H and O–H groups in total. The Balaban J connectivity index is 2.33. The third kappa shape index (κ3) is 2.43. The van der Waals surface area contributed by atoms with Crippen molar-refractivity contribution in [3.8, 4) is 0 Å². The molecule has 2 aliphatic rings. The van der Waals surface area contributed by atoms with Crippen LogP contribution in [0, 0.1) is 10.8 Å². The number of nitrogens with two attached hydrogens (primary N) is 1. The fraction of sp³-hybridized carbons (Fsp3) is 0.625. The molecule has 0 heterocycles. The summed E-state index contributed by atoms with van der Waals surface area (Å²) in [6.07, 6.45) is 10.3. The molecule has 3 heteroatoms. The molecule has 0 aliphatic heterocycles. The van der Waals surface area contributed by atoms with Gasteiger partial charge in [0, 0.05) is 28.9 Å². The number of hydrogen-bond donors (Lipinski definition) is 2. The van der Waals surface area contributed by atoms with Gasteiger partial charge in [-0.1, -0.05) is 37.1 Å². The van der Waals surface area contributed by atoms with Gasteiger partial charge in [-0.05, 0) is 44.1 Å². The molecule has 2 rings (SSSR count). The first kappa shape index (κ1) is 14.5. The van der Waals surface area contributed by atoms with Crippen LogP contribution in [-0.2, 0) is 0 Å². The number of nitrogens with one attached hydrogen (secondary N) is 1. The summed E-state index contributed by atoms with van der Waals surface area (Å²) in [7, 11) is 0. The fourth-order valence-electron chi connectivity index (χ4n) is 3.80. The Hall–Kier alpha value is -0.890. The van der Waals surface area contributed by atoms with Crippen LogP contribution in [0.5, 0.6) is 0 Å². The van der Waals surface area contributed by atoms with E-state index in [2.05, 4.69) is 38.2 Å². The van der Waals surface area contributed by atoms with Crippen LogP contribution in [0.4, 0.5) is 0 Å². The molecule has 1 fully saturated rings. The lowest BCUT2D eigenvalue weighted by Crippen LogP contribution is -2.31. The number of hydrogen-bond acceptors (Lipinski definition) is 2. The Labute approximate surface area is 121 Å². The van der Waals surface area contributed by atoms with Crippen LogP contribution in [0.3, 0.4) is 0 Å². The molecule has 0 bridgehead atoms. The monoisotopic (exact) mass is 280 g/mol. The van der Waals surface area contributed by atoms with E-state index in [0.29, 0.717) is 0 Å². The summed E-state index contributed by atoms with van der Waals surface area (Å²) in [5, 5.41) is 4.44. The lowest BCUT2D eigenvalue weighted by molar-refractivity contribution is 0.268. The molecule has 2 nitrogen and oxygen atoms in total. The molecule has 0 aromatic heterocycles. The molecule has 2 atom stereocenters. The second-order valence-corrected chi connectivity index (χ2v) is 6.63. The van der Waals surface area contributed by atoms with Gasteiger partial charge in [-0.25, -0.2) is 0 Å². The summed E-state index contributed by atoms with van der Waals surface area (Å²) in [4.78, 5) is 0. The first-order chi connectivity index (χ1) is 8.99. The highest BCUT2D eigenvalue weighted by Crippen LogP contribution is 2.60. The minimum absolute atomic E-state index is 0.153. The van der Waals surface area contributed by atoms with Crippen LogP contribution in [0.25, 0.3) is 0 Å². The maximum absolute atomic E-state index is 6.25. The molecule has 1 saturated carbocycles. The average Bonchev–Trinajstić information content (AvgIpc) is 2.68. The van der Waals surface area contributed by atoms with Gasteiger partial charge < -0.3 is 11.1 Å². The highest BCUT2D eigenvalue weighted by molar-refractivity contribution is 6.29. The van der Waals surface area contributed by atoms with Crippen molar-refractivity contribution in [3.63, 3.8) is 0 Å². The molecular formula is C16H25ClN2. The van der Waals surface area contributed by atoms with E-state index in [-0.39, 0.29) is 10.8 Å². The van der Waals surface area contributed by atoms with Crippen LogP contribution >= 0.6 is 11.6 Å². The summed E-state index contributed by atoms with van der Waals surface area (Å²) < 4.78 is 0. The minimum Gasteiger partial charge on any atom is -0.403 e. The normalized spacial score (nSPS) is 34.6. The van der Waals surface area contributed by atoms with E-state index < -0.39 is 0 Å². The van der Waals surface area contributed by atoms with Crippen LogP contribution in [-0.4, -0.2) is 6.54 Å². The number of rotatable bonds is 4. The zero-order valence-corrected chi connectivity index (χ0v) is 13.0. The van der Waals surface area contributed by atoms with Gasteiger partial charge in [-0.15, -0.1) is 0 Å². The predicted octanol–water partition coefficient (Wildman–Crippen LogP) is 4.05. The van der Waals surface area contributed by atoms with Gasteiger partial charge in [0.1, 0.15) is 0 Å². The van der Waals surface area contributed by atoms with Gasteiger partial charge >= 0.3 is 0 Å². The van der Waals surface area contributed by atoms with Gasteiger partial charge in [0.25, 0.3) is 0 Å². The Morgan fingerprint density at radius 2 is 2.16 bits per heavy atom. The average molecular weight is 281 g/mol. The van der Waals surface area contributed by atoms with E-state index in [1.807, 2.05) is 0 Å². The number of fused-ring (bicyclic) bond motifs is 1.